The molecule has 0 saturated heterocycles. The Morgan fingerprint density at radius 3 is 2.47 bits per heavy atom. The number of halogens is 2. The zero-order chi connectivity index (χ0) is 13.8. The van der Waals surface area contributed by atoms with Gasteiger partial charge in [0.15, 0.2) is 0 Å². The van der Waals surface area contributed by atoms with Crippen LogP contribution in [0.25, 0.3) is 0 Å². The number of aliphatic hydroxyl groups is 1. The minimum absolute atomic E-state index is 0.0120. The molecule has 0 bridgehead atoms. The van der Waals surface area contributed by atoms with Gasteiger partial charge in [0.25, 0.3) is 0 Å². The first-order valence-electron chi connectivity index (χ1n) is 5.86. The summed E-state index contributed by atoms with van der Waals surface area (Å²) in [5.74, 6) is -0.796. The first-order chi connectivity index (χ1) is 9.13. The number of rotatable bonds is 4. The lowest BCUT2D eigenvalue weighted by Crippen LogP contribution is -2.20. The van der Waals surface area contributed by atoms with Gasteiger partial charge in [-0.1, -0.05) is 17.7 Å². The quantitative estimate of drug-likeness (QED) is 0.905. The normalized spacial score (nSPS) is 14.1. The maximum absolute atomic E-state index is 13.1. The number of hydrogen-bond donors (Lipinski definition) is 2. The highest BCUT2D eigenvalue weighted by atomic mass is 35.5. The smallest absolute Gasteiger partial charge is 0.141 e. The van der Waals surface area contributed by atoms with E-state index < -0.39 is 11.9 Å². The van der Waals surface area contributed by atoms with Gasteiger partial charge in [-0.3, -0.25) is 4.98 Å². The van der Waals surface area contributed by atoms with Crippen LogP contribution >= 0.6 is 11.6 Å². The summed E-state index contributed by atoms with van der Waals surface area (Å²) in [6, 6.07) is 7.76. The van der Waals surface area contributed by atoms with Crippen LogP contribution in [0.2, 0.25) is 5.02 Å². The number of aromatic nitrogens is 1. The fourth-order valence-corrected chi connectivity index (χ4v) is 2.18. The molecule has 3 nitrogen and oxygen atoms in total. The van der Waals surface area contributed by atoms with E-state index in [-0.39, 0.29) is 17.5 Å². The molecule has 0 spiro atoms. The van der Waals surface area contributed by atoms with Crippen molar-refractivity contribution in [3.63, 3.8) is 0 Å². The number of aliphatic hydroxyl groups excluding tert-OH is 1. The van der Waals surface area contributed by atoms with Crippen molar-refractivity contribution in [2.24, 2.45) is 5.73 Å². The van der Waals surface area contributed by atoms with E-state index in [4.69, 9.17) is 17.3 Å². The van der Waals surface area contributed by atoms with Crippen molar-refractivity contribution in [3.8, 4) is 0 Å². The zero-order valence-corrected chi connectivity index (χ0v) is 10.9. The molecule has 0 aliphatic heterocycles. The molecule has 0 fully saturated rings. The minimum Gasteiger partial charge on any atom is -0.388 e. The molecule has 100 valence electrons. The third-order valence-corrected chi connectivity index (χ3v) is 3.34. The van der Waals surface area contributed by atoms with Gasteiger partial charge >= 0.3 is 0 Å². The van der Waals surface area contributed by atoms with E-state index in [0.29, 0.717) is 5.56 Å². The fourth-order valence-electron chi connectivity index (χ4n) is 1.99. The zero-order valence-electron chi connectivity index (χ0n) is 10.1. The van der Waals surface area contributed by atoms with Crippen molar-refractivity contribution in [2.45, 2.75) is 12.0 Å². The van der Waals surface area contributed by atoms with Gasteiger partial charge in [-0.25, -0.2) is 4.39 Å². The summed E-state index contributed by atoms with van der Waals surface area (Å²) < 4.78 is 13.1. The summed E-state index contributed by atoms with van der Waals surface area (Å²) in [5.41, 5.74) is 7.14. The average Bonchev–Trinajstić information content (AvgIpc) is 2.44. The second-order valence-corrected chi connectivity index (χ2v) is 4.65. The van der Waals surface area contributed by atoms with Gasteiger partial charge < -0.3 is 10.8 Å². The van der Waals surface area contributed by atoms with E-state index in [1.165, 1.54) is 18.2 Å². The molecule has 3 N–H and O–H groups in total. The van der Waals surface area contributed by atoms with Crippen LogP contribution in [0, 0.1) is 5.82 Å². The number of benzene rings is 1. The van der Waals surface area contributed by atoms with E-state index in [2.05, 4.69) is 4.98 Å². The molecule has 1 heterocycles. The lowest BCUT2D eigenvalue weighted by Gasteiger charge is -2.22. The van der Waals surface area contributed by atoms with Gasteiger partial charge in [0.1, 0.15) is 5.82 Å². The molecule has 0 aliphatic rings. The Morgan fingerprint density at radius 2 is 1.89 bits per heavy atom. The number of nitrogens with zero attached hydrogens (tertiary/aromatic N) is 1. The molecule has 0 aliphatic carbocycles. The number of nitrogens with two attached hydrogens (primary N) is 1. The Hall–Kier alpha value is -1.49. The Labute approximate surface area is 115 Å². The van der Waals surface area contributed by atoms with Crippen LogP contribution in [0.15, 0.2) is 42.7 Å². The van der Waals surface area contributed by atoms with Crippen LogP contribution in [-0.2, 0) is 0 Å². The van der Waals surface area contributed by atoms with Gasteiger partial charge in [0.2, 0.25) is 0 Å². The van der Waals surface area contributed by atoms with Crippen molar-refractivity contribution in [1.29, 1.82) is 0 Å². The van der Waals surface area contributed by atoms with E-state index >= 15 is 0 Å². The van der Waals surface area contributed by atoms with Crippen molar-refractivity contribution >= 4 is 11.6 Å². The Bertz CT molecular complexity index is 550. The minimum atomic E-state index is -0.842. The van der Waals surface area contributed by atoms with Crippen molar-refractivity contribution < 1.29 is 9.50 Å². The molecule has 2 aromatic rings. The molecule has 0 saturated carbocycles. The Balaban J connectivity index is 2.30. The van der Waals surface area contributed by atoms with Crippen LogP contribution in [0.3, 0.4) is 0 Å². The van der Waals surface area contributed by atoms with Crippen molar-refractivity contribution in [2.75, 3.05) is 6.54 Å². The highest BCUT2D eigenvalue weighted by molar-refractivity contribution is 6.30. The van der Waals surface area contributed by atoms with Crippen LogP contribution in [0.4, 0.5) is 4.39 Å². The predicted molar refractivity (Wildman–Crippen MR) is 72.4 cm³/mol. The maximum atomic E-state index is 13.1. The molecule has 1 aromatic heterocycles. The highest BCUT2D eigenvalue weighted by Crippen LogP contribution is 2.31. The fraction of sp³-hybridized carbons (Fsp3) is 0.214. The summed E-state index contributed by atoms with van der Waals surface area (Å²) >= 11 is 5.72. The summed E-state index contributed by atoms with van der Waals surface area (Å²) in [6.07, 6.45) is 2.44. The van der Waals surface area contributed by atoms with Crippen molar-refractivity contribution in [1.82, 2.24) is 4.98 Å². The maximum Gasteiger partial charge on any atom is 0.141 e. The summed E-state index contributed by atoms with van der Waals surface area (Å²) in [5, 5.41) is 10.4. The summed E-state index contributed by atoms with van der Waals surface area (Å²) in [7, 11) is 0. The third kappa shape index (κ3) is 3.10. The van der Waals surface area contributed by atoms with Gasteiger partial charge in [-0.2, -0.15) is 0 Å². The summed E-state index contributed by atoms with van der Waals surface area (Å²) in [6.45, 7) is 0.264. The first kappa shape index (κ1) is 13.9. The second-order valence-electron chi connectivity index (χ2n) is 4.24. The van der Waals surface area contributed by atoms with Crippen LogP contribution < -0.4 is 5.73 Å². The van der Waals surface area contributed by atoms with Gasteiger partial charge in [0.05, 0.1) is 11.1 Å². The Morgan fingerprint density at radius 1 is 1.21 bits per heavy atom. The molecule has 0 amide bonds. The standard InChI is InChI=1S/C14H14ClFN2O/c15-12-7-10(1-2-13(12)16)14(19)11(8-17)9-3-5-18-6-4-9/h1-7,11,14,19H,8,17H2. The molecule has 19 heavy (non-hydrogen) atoms. The SMILES string of the molecule is NCC(c1ccncc1)C(O)c1ccc(F)c(Cl)c1. The van der Waals surface area contributed by atoms with Crippen molar-refractivity contribution in [3.05, 3.63) is 64.7 Å². The second kappa shape index (κ2) is 6.10. The topological polar surface area (TPSA) is 59.1 Å². The number of pyridine rings is 1. The van der Waals surface area contributed by atoms with Gasteiger partial charge in [-0.05, 0) is 35.4 Å². The van der Waals surface area contributed by atoms with Gasteiger partial charge in [0, 0.05) is 24.9 Å². The van der Waals surface area contributed by atoms with E-state index in [1.54, 1.807) is 24.5 Å². The molecule has 1 aromatic carbocycles. The molecule has 2 rings (SSSR count). The molecule has 2 unspecified atom stereocenters. The molecular formula is C14H14ClFN2O. The highest BCUT2D eigenvalue weighted by Gasteiger charge is 2.22. The van der Waals surface area contributed by atoms with Crippen LogP contribution in [0.5, 0.6) is 0 Å². The molecule has 0 radical (unpaired) electrons. The largest absolute Gasteiger partial charge is 0.388 e. The molecule has 2 atom stereocenters. The summed E-state index contributed by atoms with van der Waals surface area (Å²) in [4.78, 5) is 3.93. The van der Waals surface area contributed by atoms with E-state index in [1.807, 2.05) is 0 Å². The monoisotopic (exact) mass is 280 g/mol. The van der Waals surface area contributed by atoms with Crippen LogP contribution in [0.1, 0.15) is 23.1 Å². The van der Waals surface area contributed by atoms with Gasteiger partial charge in [-0.15, -0.1) is 0 Å². The lowest BCUT2D eigenvalue weighted by molar-refractivity contribution is 0.147. The lowest BCUT2D eigenvalue weighted by atomic mass is 9.90. The first-order valence-corrected chi connectivity index (χ1v) is 6.24. The van der Waals surface area contributed by atoms with E-state index in [0.717, 1.165) is 5.56 Å². The average molecular weight is 281 g/mol. The third-order valence-electron chi connectivity index (χ3n) is 3.05. The Kier molecular flexibility index (Phi) is 4.47. The molecular weight excluding hydrogens is 267 g/mol. The molecule has 5 heteroatoms. The number of hydrogen-bond acceptors (Lipinski definition) is 3. The van der Waals surface area contributed by atoms with Crippen LogP contribution in [-0.4, -0.2) is 16.6 Å². The van der Waals surface area contributed by atoms with E-state index in [9.17, 15) is 9.50 Å². The predicted octanol–water partition coefficient (Wildman–Crippen LogP) is 2.65.